The largest absolute Gasteiger partial charge is 0.468 e. The summed E-state index contributed by atoms with van der Waals surface area (Å²) in [6.45, 7) is 0. The predicted molar refractivity (Wildman–Crippen MR) is 50.6 cm³/mol. The van der Waals surface area contributed by atoms with E-state index in [2.05, 4.69) is 4.74 Å². The van der Waals surface area contributed by atoms with E-state index in [4.69, 9.17) is 10.5 Å². The average Bonchev–Trinajstić information content (AvgIpc) is 2.07. The molecule has 2 N–H and O–H groups in total. The van der Waals surface area contributed by atoms with Crippen LogP contribution in [0.15, 0.2) is 0 Å². The van der Waals surface area contributed by atoms with E-state index >= 15 is 0 Å². The van der Waals surface area contributed by atoms with Crippen molar-refractivity contribution in [2.75, 3.05) is 14.2 Å². The molecule has 2 aliphatic rings. The van der Waals surface area contributed by atoms with Crippen molar-refractivity contribution in [1.29, 1.82) is 0 Å². The maximum absolute atomic E-state index is 11.3. The first-order valence-electron chi connectivity index (χ1n) is 4.94. The van der Waals surface area contributed by atoms with Crippen molar-refractivity contribution in [3.8, 4) is 0 Å². The van der Waals surface area contributed by atoms with Crippen LogP contribution in [-0.4, -0.2) is 31.8 Å². The number of ether oxygens (including phenoxy) is 2. The highest BCUT2D eigenvalue weighted by atomic mass is 16.5. The standard InChI is InChI=1S/C10H17NO3/c1-13-7-3-9(4-7)5-10(11,6-9)8(12)14-2/h7H,3-6,11H2,1-2H3. The molecule has 1 spiro atoms. The molecule has 0 atom stereocenters. The minimum absolute atomic E-state index is 0.274. The first kappa shape index (κ1) is 9.93. The second-order valence-corrected chi connectivity index (χ2v) is 4.77. The highest BCUT2D eigenvalue weighted by Gasteiger charge is 2.62. The number of methoxy groups -OCH3 is 2. The lowest BCUT2D eigenvalue weighted by Crippen LogP contribution is -2.67. The number of carbonyl (C=O) groups excluding carboxylic acids is 1. The van der Waals surface area contributed by atoms with Crippen molar-refractivity contribution in [3.05, 3.63) is 0 Å². The third kappa shape index (κ3) is 1.25. The topological polar surface area (TPSA) is 61.5 Å². The van der Waals surface area contributed by atoms with E-state index in [-0.39, 0.29) is 11.4 Å². The molecule has 80 valence electrons. The Labute approximate surface area is 83.7 Å². The molecule has 0 heterocycles. The molecule has 0 aromatic heterocycles. The van der Waals surface area contributed by atoms with E-state index in [0.29, 0.717) is 6.10 Å². The van der Waals surface area contributed by atoms with Crippen LogP contribution in [0.25, 0.3) is 0 Å². The van der Waals surface area contributed by atoms with Crippen LogP contribution in [0, 0.1) is 5.41 Å². The van der Waals surface area contributed by atoms with E-state index < -0.39 is 5.54 Å². The smallest absolute Gasteiger partial charge is 0.325 e. The van der Waals surface area contributed by atoms with E-state index in [1.165, 1.54) is 7.11 Å². The number of carbonyl (C=O) groups is 1. The van der Waals surface area contributed by atoms with Crippen LogP contribution in [0.3, 0.4) is 0 Å². The molecule has 0 aromatic rings. The van der Waals surface area contributed by atoms with Gasteiger partial charge in [0.15, 0.2) is 0 Å². The molecule has 0 bridgehead atoms. The van der Waals surface area contributed by atoms with E-state index in [1.807, 2.05) is 0 Å². The van der Waals surface area contributed by atoms with Gasteiger partial charge in [-0.05, 0) is 31.1 Å². The Morgan fingerprint density at radius 2 is 1.93 bits per heavy atom. The summed E-state index contributed by atoms with van der Waals surface area (Å²) in [5, 5.41) is 0. The third-order valence-corrected chi connectivity index (χ3v) is 3.63. The molecule has 2 aliphatic carbocycles. The molecule has 4 nitrogen and oxygen atoms in total. The fourth-order valence-electron chi connectivity index (χ4n) is 3.00. The quantitative estimate of drug-likeness (QED) is 0.656. The zero-order valence-corrected chi connectivity index (χ0v) is 8.71. The number of rotatable bonds is 2. The highest BCUT2D eigenvalue weighted by Crippen LogP contribution is 2.60. The molecule has 0 aromatic carbocycles. The second-order valence-electron chi connectivity index (χ2n) is 4.77. The SMILES string of the molecule is COC(=O)C1(N)CC2(CC(OC)C2)C1. The van der Waals surface area contributed by atoms with E-state index in [0.717, 1.165) is 25.7 Å². The zero-order valence-electron chi connectivity index (χ0n) is 8.71. The Kier molecular flexibility index (Phi) is 2.08. The number of esters is 1. The van der Waals surface area contributed by atoms with Crippen LogP contribution in [0.1, 0.15) is 25.7 Å². The van der Waals surface area contributed by atoms with Gasteiger partial charge < -0.3 is 15.2 Å². The number of nitrogens with two attached hydrogens (primary N) is 1. The Balaban J connectivity index is 1.88. The molecule has 14 heavy (non-hydrogen) atoms. The van der Waals surface area contributed by atoms with Crippen molar-refractivity contribution < 1.29 is 14.3 Å². The highest BCUT2D eigenvalue weighted by molar-refractivity contribution is 5.82. The maximum atomic E-state index is 11.3. The van der Waals surface area contributed by atoms with E-state index in [1.54, 1.807) is 7.11 Å². The van der Waals surface area contributed by atoms with Crippen LogP contribution in [0.5, 0.6) is 0 Å². The summed E-state index contributed by atoms with van der Waals surface area (Å²) in [5.41, 5.74) is 5.48. The molecule has 2 rings (SSSR count). The summed E-state index contributed by atoms with van der Waals surface area (Å²) in [5.74, 6) is -0.274. The molecule has 0 amide bonds. The van der Waals surface area contributed by atoms with Crippen LogP contribution in [0.2, 0.25) is 0 Å². The molecular weight excluding hydrogens is 182 g/mol. The molecular formula is C10H17NO3. The minimum Gasteiger partial charge on any atom is -0.468 e. The fraction of sp³-hybridized carbons (Fsp3) is 0.900. The van der Waals surface area contributed by atoms with Crippen molar-refractivity contribution >= 4 is 5.97 Å². The van der Waals surface area contributed by atoms with Crippen LogP contribution >= 0.6 is 0 Å². The van der Waals surface area contributed by atoms with Crippen LogP contribution < -0.4 is 5.73 Å². The second kappa shape index (κ2) is 2.94. The van der Waals surface area contributed by atoms with Crippen LogP contribution in [-0.2, 0) is 14.3 Å². The number of hydrogen-bond acceptors (Lipinski definition) is 4. The number of hydrogen-bond donors (Lipinski definition) is 1. The Bertz CT molecular complexity index is 250. The normalized spacial score (nSPS) is 45.5. The summed E-state index contributed by atoms with van der Waals surface area (Å²) in [4.78, 5) is 11.3. The van der Waals surface area contributed by atoms with Gasteiger partial charge >= 0.3 is 5.97 Å². The predicted octanol–water partition coefficient (Wildman–Crippen LogP) is 0.446. The van der Waals surface area contributed by atoms with E-state index in [9.17, 15) is 4.79 Å². The third-order valence-electron chi connectivity index (χ3n) is 3.63. The van der Waals surface area contributed by atoms with Gasteiger partial charge in [-0.3, -0.25) is 4.79 Å². The first-order valence-corrected chi connectivity index (χ1v) is 4.94. The van der Waals surface area contributed by atoms with Gasteiger partial charge in [0.2, 0.25) is 0 Å². The fourth-order valence-corrected chi connectivity index (χ4v) is 3.00. The van der Waals surface area contributed by atoms with Gasteiger partial charge in [0.05, 0.1) is 13.2 Å². The minimum atomic E-state index is -0.715. The molecule has 2 saturated carbocycles. The van der Waals surface area contributed by atoms with Gasteiger partial charge in [-0.1, -0.05) is 0 Å². The van der Waals surface area contributed by atoms with Crippen LogP contribution in [0.4, 0.5) is 0 Å². The Morgan fingerprint density at radius 1 is 1.36 bits per heavy atom. The summed E-state index contributed by atoms with van der Waals surface area (Å²) in [6, 6.07) is 0. The Morgan fingerprint density at radius 3 is 2.36 bits per heavy atom. The Hall–Kier alpha value is -0.610. The van der Waals surface area contributed by atoms with Crippen molar-refractivity contribution in [1.82, 2.24) is 0 Å². The van der Waals surface area contributed by atoms with Gasteiger partial charge in [0.25, 0.3) is 0 Å². The van der Waals surface area contributed by atoms with Gasteiger partial charge in [-0.15, -0.1) is 0 Å². The molecule has 0 unspecified atom stereocenters. The van der Waals surface area contributed by atoms with Crippen molar-refractivity contribution in [2.45, 2.75) is 37.3 Å². The van der Waals surface area contributed by atoms with Gasteiger partial charge in [-0.2, -0.15) is 0 Å². The lowest BCUT2D eigenvalue weighted by molar-refractivity contribution is -0.174. The van der Waals surface area contributed by atoms with Gasteiger partial charge in [0.1, 0.15) is 5.54 Å². The lowest BCUT2D eigenvalue weighted by Gasteiger charge is -2.60. The monoisotopic (exact) mass is 199 g/mol. The van der Waals surface area contributed by atoms with Crippen molar-refractivity contribution in [3.63, 3.8) is 0 Å². The lowest BCUT2D eigenvalue weighted by atomic mass is 9.48. The summed E-state index contributed by atoms with van der Waals surface area (Å²) < 4.78 is 9.89. The summed E-state index contributed by atoms with van der Waals surface area (Å²) in [7, 11) is 3.12. The molecule has 0 radical (unpaired) electrons. The summed E-state index contributed by atoms with van der Waals surface area (Å²) >= 11 is 0. The first-order chi connectivity index (χ1) is 6.53. The zero-order chi connectivity index (χ0) is 10.4. The van der Waals surface area contributed by atoms with Gasteiger partial charge in [-0.25, -0.2) is 0 Å². The average molecular weight is 199 g/mol. The molecule has 0 saturated heterocycles. The molecule has 2 fully saturated rings. The molecule has 4 heteroatoms. The van der Waals surface area contributed by atoms with Crippen molar-refractivity contribution in [2.24, 2.45) is 11.1 Å². The van der Waals surface area contributed by atoms with Gasteiger partial charge in [0, 0.05) is 7.11 Å². The summed E-state index contributed by atoms with van der Waals surface area (Å²) in [6.07, 6.45) is 3.97. The molecule has 0 aliphatic heterocycles. The maximum Gasteiger partial charge on any atom is 0.325 e.